The highest BCUT2D eigenvalue weighted by Gasteiger charge is 2.19. The molecule has 0 saturated heterocycles. The molecular weight excluding hydrogens is 829 g/mol. The summed E-state index contributed by atoms with van der Waals surface area (Å²) in [6, 6.07) is 79.1. The Morgan fingerprint density at radius 1 is 0.309 bits per heavy atom. The predicted octanol–water partition coefficient (Wildman–Crippen LogP) is 18.2. The van der Waals surface area contributed by atoms with Gasteiger partial charge in [0, 0.05) is 21.5 Å². The average molecular weight is 865 g/mol. The summed E-state index contributed by atoms with van der Waals surface area (Å²) in [6.45, 7) is 7.52. The van der Waals surface area contributed by atoms with Crippen molar-refractivity contribution in [2.24, 2.45) is 0 Å². The molecule has 0 fully saturated rings. The molecule has 0 unspecified atom stereocenters. The van der Waals surface area contributed by atoms with Gasteiger partial charge in [0.25, 0.3) is 0 Å². The van der Waals surface area contributed by atoms with Crippen molar-refractivity contribution < 1.29 is 8.83 Å². The number of hydrogen-bond acceptors (Lipinski definition) is 3. The molecule has 0 spiro atoms. The lowest BCUT2D eigenvalue weighted by molar-refractivity contribution is 0.668. The zero-order chi connectivity index (χ0) is 45.3. The molecule has 4 nitrogen and oxygen atoms in total. The molecule has 11 aromatic carbocycles. The van der Waals surface area contributed by atoms with E-state index in [9.17, 15) is 5.26 Å². The second kappa shape index (κ2) is 15.6. The van der Waals surface area contributed by atoms with E-state index in [4.69, 9.17) is 15.4 Å². The molecule has 0 amide bonds. The van der Waals surface area contributed by atoms with Crippen LogP contribution in [0.1, 0.15) is 5.56 Å². The molecule has 2 aromatic heterocycles. The van der Waals surface area contributed by atoms with E-state index in [1.165, 1.54) is 43.8 Å². The normalized spacial score (nSPS) is 11.5. The predicted molar refractivity (Wildman–Crippen MR) is 280 cm³/mol. The smallest absolute Gasteiger partial charge is 0.188 e. The van der Waals surface area contributed by atoms with Gasteiger partial charge in [-0.25, -0.2) is 4.85 Å². The maximum absolute atomic E-state index is 9.54. The maximum atomic E-state index is 9.54. The standard InChI is InChI=1S/C64H36N2O2/c1-66-50-25-31-62-56(37-50)55-34-49(24-30-61(55)68-62)43-19-15-41(16-20-43)47-22-27-52-58(36-47)64(45-10-6-3-7-11-45)51-26-21-46(35-57(51)63(52)44-8-4-2-5-9-44)40-13-17-42(18-14-40)48-23-29-60-54(33-48)53-32-39(38-65)12-28-59(53)67-60/h2-37H. The highest BCUT2D eigenvalue weighted by atomic mass is 16.3. The van der Waals surface area contributed by atoms with Gasteiger partial charge in [0.05, 0.1) is 18.2 Å². The van der Waals surface area contributed by atoms with Crippen molar-refractivity contribution in [1.29, 1.82) is 5.26 Å². The Labute approximate surface area is 391 Å². The van der Waals surface area contributed by atoms with Gasteiger partial charge in [-0.3, -0.25) is 0 Å². The van der Waals surface area contributed by atoms with Crippen LogP contribution in [0.3, 0.4) is 0 Å². The molecule has 13 aromatic rings. The summed E-state index contributed by atoms with van der Waals surface area (Å²) in [5.41, 5.74) is 18.1. The Hall–Kier alpha value is -9.48. The molecule has 0 bridgehead atoms. The van der Waals surface area contributed by atoms with Crippen molar-refractivity contribution in [3.05, 3.63) is 235 Å². The van der Waals surface area contributed by atoms with Gasteiger partial charge >= 0.3 is 0 Å². The number of rotatable bonds is 6. The lowest BCUT2D eigenvalue weighted by Gasteiger charge is -2.20. The third kappa shape index (κ3) is 6.44. The quantitative estimate of drug-likeness (QED) is 0.124. The van der Waals surface area contributed by atoms with Crippen LogP contribution in [-0.4, -0.2) is 0 Å². The Bertz CT molecular complexity index is 3970. The Balaban J connectivity index is 0.917. The highest BCUT2D eigenvalue weighted by Crippen LogP contribution is 2.46. The Morgan fingerprint density at radius 2 is 0.662 bits per heavy atom. The summed E-state index contributed by atoms with van der Waals surface area (Å²) in [6.07, 6.45) is 0. The molecule has 0 saturated carbocycles. The fourth-order valence-corrected chi connectivity index (χ4v) is 10.2. The SMILES string of the molecule is [C-]#[N+]c1ccc2oc3ccc(-c4ccc(-c5ccc6c(-c7ccccc7)c7cc(-c8ccc(-c9ccc%10oc%11ccc(C#N)cc%11c%10c9)cc8)ccc7c(-c7ccccc7)c6c5)cc4)cc3c2c1. The van der Waals surface area contributed by atoms with Crippen LogP contribution < -0.4 is 0 Å². The topological polar surface area (TPSA) is 54.4 Å². The van der Waals surface area contributed by atoms with Gasteiger partial charge < -0.3 is 8.83 Å². The van der Waals surface area contributed by atoms with E-state index in [2.05, 4.69) is 181 Å². The van der Waals surface area contributed by atoms with Crippen LogP contribution in [0.2, 0.25) is 0 Å². The molecule has 0 N–H and O–H groups in total. The van der Waals surface area contributed by atoms with E-state index < -0.39 is 0 Å². The van der Waals surface area contributed by atoms with Crippen LogP contribution in [0.15, 0.2) is 227 Å². The van der Waals surface area contributed by atoms with Gasteiger partial charge in [-0.1, -0.05) is 152 Å². The van der Waals surface area contributed by atoms with Crippen molar-refractivity contribution in [3.63, 3.8) is 0 Å². The number of fused-ring (bicyclic) bond motifs is 8. The summed E-state index contributed by atoms with van der Waals surface area (Å²) in [7, 11) is 0. The van der Waals surface area contributed by atoms with Crippen LogP contribution in [-0.2, 0) is 0 Å². The van der Waals surface area contributed by atoms with Gasteiger partial charge in [0.15, 0.2) is 5.69 Å². The lowest BCUT2D eigenvalue weighted by atomic mass is 9.84. The molecule has 0 aliphatic rings. The lowest BCUT2D eigenvalue weighted by Crippen LogP contribution is -1.92. The molecule has 0 radical (unpaired) electrons. The summed E-state index contributed by atoms with van der Waals surface area (Å²) in [5, 5.41) is 18.2. The van der Waals surface area contributed by atoms with Crippen molar-refractivity contribution in [1.82, 2.24) is 0 Å². The third-order valence-electron chi connectivity index (χ3n) is 13.5. The molecule has 314 valence electrons. The van der Waals surface area contributed by atoms with E-state index in [1.807, 2.05) is 36.4 Å². The molecule has 68 heavy (non-hydrogen) atoms. The van der Waals surface area contributed by atoms with Gasteiger partial charge in [-0.05, 0) is 155 Å². The summed E-state index contributed by atoms with van der Waals surface area (Å²) in [4.78, 5) is 3.64. The first kappa shape index (κ1) is 38.9. The van der Waals surface area contributed by atoms with Crippen LogP contribution in [0.25, 0.3) is 137 Å². The molecule has 2 heterocycles. The third-order valence-corrected chi connectivity index (χ3v) is 13.5. The minimum atomic E-state index is 0.602. The summed E-state index contributed by atoms with van der Waals surface area (Å²) < 4.78 is 12.2. The van der Waals surface area contributed by atoms with Crippen LogP contribution >= 0.6 is 0 Å². The van der Waals surface area contributed by atoms with Crippen LogP contribution in [0.4, 0.5) is 5.69 Å². The van der Waals surface area contributed by atoms with Gasteiger partial charge in [-0.15, -0.1) is 0 Å². The first-order valence-corrected chi connectivity index (χ1v) is 22.6. The Kier molecular flexibility index (Phi) is 8.93. The molecule has 0 atom stereocenters. The zero-order valence-electron chi connectivity index (χ0n) is 36.5. The second-order valence-electron chi connectivity index (χ2n) is 17.4. The second-order valence-corrected chi connectivity index (χ2v) is 17.4. The number of nitriles is 1. The number of benzene rings is 11. The number of nitrogens with zero attached hydrogens (tertiary/aromatic N) is 2. The average Bonchev–Trinajstić information content (AvgIpc) is 3.97. The van der Waals surface area contributed by atoms with Gasteiger partial charge in [0.1, 0.15) is 22.3 Å². The first-order valence-electron chi connectivity index (χ1n) is 22.6. The first-order chi connectivity index (χ1) is 33.6. The fourth-order valence-electron chi connectivity index (χ4n) is 10.2. The maximum Gasteiger partial charge on any atom is 0.188 e. The minimum absolute atomic E-state index is 0.602. The Morgan fingerprint density at radius 3 is 1.09 bits per heavy atom. The van der Waals surface area contributed by atoms with E-state index >= 15 is 0 Å². The molecular formula is C64H36N2O2. The van der Waals surface area contributed by atoms with Crippen molar-refractivity contribution in [2.45, 2.75) is 0 Å². The summed E-state index contributed by atoms with van der Waals surface area (Å²) >= 11 is 0. The van der Waals surface area contributed by atoms with E-state index in [0.717, 1.165) is 88.4 Å². The van der Waals surface area contributed by atoms with Gasteiger partial charge in [-0.2, -0.15) is 5.26 Å². The van der Waals surface area contributed by atoms with Crippen molar-refractivity contribution in [3.8, 4) is 72.8 Å². The van der Waals surface area contributed by atoms with E-state index in [0.29, 0.717) is 11.3 Å². The van der Waals surface area contributed by atoms with E-state index in [-0.39, 0.29) is 0 Å². The molecule has 0 aliphatic heterocycles. The highest BCUT2D eigenvalue weighted by molar-refractivity contribution is 6.22. The van der Waals surface area contributed by atoms with Crippen molar-refractivity contribution in [2.75, 3.05) is 0 Å². The number of furan rings is 2. The monoisotopic (exact) mass is 864 g/mol. The van der Waals surface area contributed by atoms with Gasteiger partial charge in [0.2, 0.25) is 0 Å². The minimum Gasteiger partial charge on any atom is -0.456 e. The van der Waals surface area contributed by atoms with Crippen LogP contribution in [0, 0.1) is 17.9 Å². The van der Waals surface area contributed by atoms with Crippen LogP contribution in [0.5, 0.6) is 0 Å². The molecule has 4 heteroatoms. The fraction of sp³-hybridized carbons (Fsp3) is 0. The van der Waals surface area contributed by atoms with Crippen molar-refractivity contribution >= 4 is 71.1 Å². The molecule has 0 aliphatic carbocycles. The van der Waals surface area contributed by atoms with E-state index in [1.54, 1.807) is 12.1 Å². The molecule has 13 rings (SSSR count). The largest absolute Gasteiger partial charge is 0.456 e. The zero-order valence-corrected chi connectivity index (χ0v) is 36.5. The summed E-state index contributed by atoms with van der Waals surface area (Å²) in [5.74, 6) is 0. The number of hydrogen-bond donors (Lipinski definition) is 0.